The number of benzene rings is 1. The van der Waals surface area contributed by atoms with Gasteiger partial charge >= 0.3 is 11.7 Å². The molecule has 212 valence electrons. The van der Waals surface area contributed by atoms with Crippen LogP contribution in [0.4, 0.5) is 5.69 Å². The van der Waals surface area contributed by atoms with Gasteiger partial charge in [0.05, 0.1) is 4.92 Å². The first-order valence-electron chi connectivity index (χ1n) is 15.6. The Kier molecular flexibility index (Phi) is 21.9. The highest BCUT2D eigenvalue weighted by Crippen LogP contribution is 2.26. The van der Waals surface area contributed by atoms with Gasteiger partial charge in [-0.15, -0.1) is 0 Å². The van der Waals surface area contributed by atoms with E-state index in [1.165, 1.54) is 141 Å². The van der Waals surface area contributed by atoms with Crippen molar-refractivity contribution in [3.63, 3.8) is 0 Å². The van der Waals surface area contributed by atoms with E-state index < -0.39 is 10.9 Å². The van der Waals surface area contributed by atoms with Crippen LogP contribution in [0.3, 0.4) is 0 Å². The second-order valence-electron chi connectivity index (χ2n) is 10.7. The van der Waals surface area contributed by atoms with Gasteiger partial charge in [0.2, 0.25) is 5.75 Å². The molecule has 0 saturated heterocycles. The molecule has 1 aromatic rings. The average Bonchev–Trinajstić information content (AvgIpc) is 2.89. The maximum Gasteiger partial charge on any atom is 0.311 e. The van der Waals surface area contributed by atoms with E-state index in [1.54, 1.807) is 12.1 Å². The summed E-state index contributed by atoms with van der Waals surface area (Å²) in [6.07, 6.45) is 31.1. The van der Waals surface area contributed by atoms with Crippen molar-refractivity contribution < 1.29 is 14.5 Å². The third kappa shape index (κ3) is 19.8. The summed E-state index contributed by atoms with van der Waals surface area (Å²) in [5.74, 6) is -0.357. The minimum Gasteiger partial charge on any atom is -0.419 e. The van der Waals surface area contributed by atoms with E-state index in [-0.39, 0.29) is 11.4 Å². The standard InChI is InChI=1S/C32H55NO4/c1-2-3-4-5-6-7-8-9-10-11-12-13-14-15-16-17-18-19-20-21-22-23-24-29-32(34)37-31-28-26-25-27-30(31)33(35)36/h25-28H,2-24,29H2,1H3. The van der Waals surface area contributed by atoms with Gasteiger partial charge < -0.3 is 4.74 Å². The van der Waals surface area contributed by atoms with Gasteiger partial charge in [0.1, 0.15) is 0 Å². The number of nitrogens with zero attached hydrogens (tertiary/aromatic N) is 1. The van der Waals surface area contributed by atoms with Gasteiger partial charge in [0.25, 0.3) is 0 Å². The van der Waals surface area contributed by atoms with Gasteiger partial charge in [-0.05, 0) is 12.5 Å². The zero-order valence-corrected chi connectivity index (χ0v) is 23.9. The predicted molar refractivity (Wildman–Crippen MR) is 155 cm³/mol. The van der Waals surface area contributed by atoms with Crippen molar-refractivity contribution in [1.82, 2.24) is 0 Å². The number of nitro benzene ring substituents is 1. The molecule has 0 aliphatic heterocycles. The molecule has 0 aliphatic carbocycles. The van der Waals surface area contributed by atoms with Crippen molar-refractivity contribution >= 4 is 11.7 Å². The number of hydrogen-bond donors (Lipinski definition) is 0. The van der Waals surface area contributed by atoms with Crippen LogP contribution in [-0.2, 0) is 4.79 Å². The minimum atomic E-state index is -0.525. The molecule has 1 aromatic carbocycles. The maximum atomic E-state index is 12.0. The van der Waals surface area contributed by atoms with Crippen molar-refractivity contribution in [2.45, 2.75) is 161 Å². The van der Waals surface area contributed by atoms with Crippen molar-refractivity contribution in [2.24, 2.45) is 0 Å². The van der Waals surface area contributed by atoms with Gasteiger partial charge in [-0.2, -0.15) is 0 Å². The van der Waals surface area contributed by atoms with Crippen LogP contribution in [0, 0.1) is 10.1 Å². The smallest absolute Gasteiger partial charge is 0.311 e. The molecule has 0 N–H and O–H groups in total. The van der Waals surface area contributed by atoms with E-state index >= 15 is 0 Å². The SMILES string of the molecule is CCCCCCCCCCCCCCCCCCCCCCCCCC(=O)Oc1ccccc1[N+](=O)[O-]. The molecule has 0 amide bonds. The monoisotopic (exact) mass is 517 g/mol. The van der Waals surface area contributed by atoms with Gasteiger partial charge in [0.15, 0.2) is 0 Å². The Labute approximate surface area is 227 Å². The van der Waals surface area contributed by atoms with Crippen molar-refractivity contribution in [2.75, 3.05) is 0 Å². The summed E-state index contributed by atoms with van der Waals surface area (Å²) in [7, 11) is 0. The molecule has 0 atom stereocenters. The van der Waals surface area contributed by atoms with E-state index in [0.717, 1.165) is 19.3 Å². The Morgan fingerprint density at radius 3 is 1.35 bits per heavy atom. The molecule has 0 unspecified atom stereocenters. The van der Waals surface area contributed by atoms with E-state index in [4.69, 9.17) is 4.74 Å². The van der Waals surface area contributed by atoms with E-state index in [0.29, 0.717) is 6.42 Å². The van der Waals surface area contributed by atoms with Crippen LogP contribution in [0.25, 0.3) is 0 Å². The summed E-state index contributed by atoms with van der Waals surface area (Å²) in [5.41, 5.74) is -0.166. The minimum absolute atomic E-state index is 0.0339. The van der Waals surface area contributed by atoms with Gasteiger partial charge in [-0.1, -0.05) is 160 Å². The molecule has 0 heterocycles. The number of ether oxygens (including phenoxy) is 1. The predicted octanol–water partition coefficient (Wildman–Crippen LogP) is 10.9. The molecule has 0 bridgehead atoms. The van der Waals surface area contributed by atoms with E-state index in [9.17, 15) is 14.9 Å². The Balaban J connectivity index is 1.78. The largest absolute Gasteiger partial charge is 0.419 e. The summed E-state index contributed by atoms with van der Waals surface area (Å²) < 4.78 is 5.18. The first-order chi connectivity index (χ1) is 18.1. The van der Waals surface area contributed by atoms with Crippen LogP contribution in [0.2, 0.25) is 0 Å². The van der Waals surface area contributed by atoms with Crippen LogP contribution in [0.1, 0.15) is 161 Å². The molecule has 0 saturated carbocycles. The zero-order valence-electron chi connectivity index (χ0n) is 23.9. The van der Waals surface area contributed by atoms with Gasteiger partial charge in [-0.25, -0.2) is 0 Å². The zero-order chi connectivity index (χ0) is 26.8. The fourth-order valence-electron chi connectivity index (χ4n) is 4.92. The Morgan fingerprint density at radius 1 is 0.622 bits per heavy atom. The summed E-state index contributed by atoms with van der Waals surface area (Å²) in [6, 6.07) is 6.02. The van der Waals surface area contributed by atoms with Crippen LogP contribution >= 0.6 is 0 Å². The molecule has 37 heavy (non-hydrogen) atoms. The first kappa shape index (κ1) is 33.1. The first-order valence-corrected chi connectivity index (χ1v) is 15.6. The highest BCUT2D eigenvalue weighted by molar-refractivity contribution is 5.73. The van der Waals surface area contributed by atoms with E-state index in [1.807, 2.05) is 0 Å². The van der Waals surface area contributed by atoms with Crippen LogP contribution < -0.4 is 4.74 Å². The highest BCUT2D eigenvalue weighted by atomic mass is 16.6. The topological polar surface area (TPSA) is 69.4 Å². The fraction of sp³-hybridized carbons (Fsp3) is 0.781. The van der Waals surface area contributed by atoms with Crippen LogP contribution in [0.5, 0.6) is 5.75 Å². The summed E-state index contributed by atoms with van der Waals surface area (Å²) in [6.45, 7) is 2.28. The summed E-state index contributed by atoms with van der Waals surface area (Å²) in [4.78, 5) is 22.4. The lowest BCUT2D eigenvalue weighted by Gasteiger charge is -2.05. The lowest BCUT2D eigenvalue weighted by Crippen LogP contribution is -2.08. The van der Waals surface area contributed by atoms with Crippen molar-refractivity contribution in [1.29, 1.82) is 0 Å². The lowest BCUT2D eigenvalue weighted by molar-refractivity contribution is -0.385. The second-order valence-corrected chi connectivity index (χ2v) is 10.7. The number of esters is 1. The third-order valence-corrected chi connectivity index (χ3v) is 7.27. The molecular weight excluding hydrogens is 462 g/mol. The molecule has 0 radical (unpaired) electrons. The normalized spacial score (nSPS) is 11.1. The van der Waals surface area contributed by atoms with Gasteiger partial charge in [0, 0.05) is 12.5 Å². The third-order valence-electron chi connectivity index (χ3n) is 7.27. The molecule has 0 aliphatic rings. The van der Waals surface area contributed by atoms with Crippen LogP contribution in [0.15, 0.2) is 24.3 Å². The number of nitro groups is 1. The molecule has 5 nitrogen and oxygen atoms in total. The van der Waals surface area contributed by atoms with Crippen molar-refractivity contribution in [3.05, 3.63) is 34.4 Å². The second kappa shape index (κ2) is 24.4. The quantitative estimate of drug-likeness (QED) is 0.0403. The number of carbonyl (C=O) groups is 1. The van der Waals surface area contributed by atoms with Gasteiger partial charge in [-0.3, -0.25) is 14.9 Å². The fourth-order valence-corrected chi connectivity index (χ4v) is 4.92. The number of rotatable bonds is 26. The average molecular weight is 518 g/mol. The molecule has 1 rings (SSSR count). The molecule has 0 spiro atoms. The number of carbonyl (C=O) groups excluding carboxylic acids is 1. The Morgan fingerprint density at radius 2 is 0.973 bits per heavy atom. The summed E-state index contributed by atoms with van der Waals surface area (Å²) in [5, 5.41) is 11.0. The number of hydrogen-bond acceptors (Lipinski definition) is 4. The van der Waals surface area contributed by atoms with Crippen molar-refractivity contribution in [3.8, 4) is 5.75 Å². The maximum absolute atomic E-state index is 12.0. The summed E-state index contributed by atoms with van der Waals surface area (Å²) >= 11 is 0. The molecule has 0 aromatic heterocycles. The highest BCUT2D eigenvalue weighted by Gasteiger charge is 2.16. The number of unbranched alkanes of at least 4 members (excludes halogenated alkanes) is 22. The molecular formula is C32H55NO4. The Bertz CT molecular complexity index is 691. The lowest BCUT2D eigenvalue weighted by atomic mass is 10.0. The van der Waals surface area contributed by atoms with E-state index in [2.05, 4.69) is 6.92 Å². The molecule has 5 heteroatoms. The van der Waals surface area contributed by atoms with Crippen LogP contribution in [-0.4, -0.2) is 10.9 Å². The molecule has 0 fully saturated rings. The Hall–Kier alpha value is -1.91. The number of para-hydroxylation sites is 2.